The van der Waals surface area contributed by atoms with E-state index in [-0.39, 0.29) is 0 Å². The third kappa shape index (κ3) is 3.20. The van der Waals surface area contributed by atoms with Gasteiger partial charge in [0.2, 0.25) is 0 Å². The van der Waals surface area contributed by atoms with E-state index in [0.29, 0.717) is 0 Å². The van der Waals surface area contributed by atoms with Crippen molar-refractivity contribution in [2.45, 2.75) is 12.2 Å². The number of halogens is 2. The maximum atomic E-state index is 10.7. The second-order valence-corrected chi connectivity index (χ2v) is 5.65. The predicted molar refractivity (Wildman–Crippen MR) is 72.2 cm³/mol. The van der Waals surface area contributed by atoms with Crippen molar-refractivity contribution in [2.75, 3.05) is 0 Å². The molecule has 0 radical (unpaired) electrons. The molecular formula is C14H12F2O3S. The highest BCUT2D eigenvalue weighted by atomic mass is 32.2. The zero-order valence-corrected chi connectivity index (χ0v) is 11.1. The van der Waals surface area contributed by atoms with Crippen LogP contribution in [0.5, 0.6) is 0 Å². The van der Waals surface area contributed by atoms with Gasteiger partial charge in [-0.05, 0) is 28.7 Å². The standard InChI is InChI=1S/C13H10.CH2F2O3S/c1-3-7-12-10(5-1)9-11-6-2-4-8-13(11)12;2-1(3)7(4,5)6/h1-8H,9H2;1H,(H,4,5,6). The molecule has 2 aromatic carbocycles. The minimum atomic E-state index is -5.07. The minimum Gasteiger partial charge on any atom is -0.281 e. The molecule has 3 rings (SSSR count). The van der Waals surface area contributed by atoms with Crippen LogP contribution >= 0.6 is 0 Å². The molecule has 0 aliphatic heterocycles. The number of hydrogen-bond donors (Lipinski definition) is 1. The zero-order chi connectivity index (χ0) is 14.8. The van der Waals surface area contributed by atoms with Gasteiger partial charge in [-0.2, -0.15) is 17.2 Å². The van der Waals surface area contributed by atoms with Gasteiger partial charge in [0.05, 0.1) is 0 Å². The average Bonchev–Trinajstić information content (AvgIpc) is 2.77. The summed E-state index contributed by atoms with van der Waals surface area (Å²) in [5, 5.41) is 0. The molecule has 0 spiro atoms. The highest BCUT2D eigenvalue weighted by Crippen LogP contribution is 2.35. The van der Waals surface area contributed by atoms with Gasteiger partial charge in [0.15, 0.2) is 0 Å². The molecule has 0 saturated heterocycles. The Balaban J connectivity index is 0.000000182. The van der Waals surface area contributed by atoms with Crippen LogP contribution in [0.3, 0.4) is 0 Å². The number of rotatable bonds is 1. The van der Waals surface area contributed by atoms with Crippen molar-refractivity contribution in [3.05, 3.63) is 59.7 Å². The Bertz CT molecular complexity index is 668. The average molecular weight is 298 g/mol. The van der Waals surface area contributed by atoms with E-state index in [1.807, 2.05) is 0 Å². The van der Waals surface area contributed by atoms with Crippen LogP contribution in [0.4, 0.5) is 8.78 Å². The molecule has 1 aliphatic rings. The molecule has 0 fully saturated rings. The normalized spacial score (nSPS) is 12.4. The summed E-state index contributed by atoms with van der Waals surface area (Å²) in [7, 11) is -5.07. The molecule has 6 heteroatoms. The van der Waals surface area contributed by atoms with E-state index in [2.05, 4.69) is 48.5 Å². The molecule has 0 heterocycles. The Morgan fingerprint density at radius 2 is 1.25 bits per heavy atom. The topological polar surface area (TPSA) is 54.4 Å². The molecule has 20 heavy (non-hydrogen) atoms. The Morgan fingerprint density at radius 3 is 1.60 bits per heavy atom. The van der Waals surface area contributed by atoms with Crippen LogP contribution in [0, 0.1) is 0 Å². The van der Waals surface area contributed by atoms with Crippen LogP contribution in [0.15, 0.2) is 48.5 Å². The second kappa shape index (κ2) is 5.68. The third-order valence-electron chi connectivity index (χ3n) is 2.93. The first-order valence-electron chi connectivity index (χ1n) is 5.80. The number of benzene rings is 2. The van der Waals surface area contributed by atoms with E-state index in [9.17, 15) is 8.78 Å². The van der Waals surface area contributed by atoms with E-state index in [0.717, 1.165) is 6.42 Å². The van der Waals surface area contributed by atoms with Crippen molar-refractivity contribution < 1.29 is 21.8 Å². The second-order valence-electron chi connectivity index (χ2n) is 4.27. The summed E-state index contributed by atoms with van der Waals surface area (Å²) < 4.78 is 47.0. The molecule has 0 aromatic heterocycles. The highest BCUT2D eigenvalue weighted by molar-refractivity contribution is 7.86. The van der Waals surface area contributed by atoms with E-state index >= 15 is 0 Å². The fraction of sp³-hybridized carbons (Fsp3) is 0.143. The summed E-state index contributed by atoms with van der Waals surface area (Å²) in [6, 6.07) is 17.3. The van der Waals surface area contributed by atoms with Crippen LogP contribution in [-0.2, 0) is 16.5 Å². The van der Waals surface area contributed by atoms with E-state index < -0.39 is 15.9 Å². The third-order valence-corrected chi connectivity index (χ3v) is 3.38. The van der Waals surface area contributed by atoms with Crippen LogP contribution in [-0.4, -0.2) is 18.7 Å². The van der Waals surface area contributed by atoms with Gasteiger partial charge in [-0.25, -0.2) is 0 Å². The first kappa shape index (κ1) is 14.6. The monoisotopic (exact) mass is 298 g/mol. The lowest BCUT2D eigenvalue weighted by Crippen LogP contribution is -2.07. The first-order valence-corrected chi connectivity index (χ1v) is 7.30. The predicted octanol–water partition coefficient (Wildman–Crippen LogP) is 3.35. The highest BCUT2D eigenvalue weighted by Gasteiger charge is 2.18. The van der Waals surface area contributed by atoms with Crippen LogP contribution in [0.2, 0.25) is 0 Å². The van der Waals surface area contributed by atoms with Gasteiger partial charge in [0.1, 0.15) is 0 Å². The summed E-state index contributed by atoms with van der Waals surface area (Å²) in [5.41, 5.74) is 5.75. The van der Waals surface area contributed by atoms with Crippen molar-refractivity contribution in [2.24, 2.45) is 0 Å². The van der Waals surface area contributed by atoms with Gasteiger partial charge in [0, 0.05) is 0 Å². The van der Waals surface area contributed by atoms with Crippen molar-refractivity contribution in [3.8, 4) is 11.1 Å². The Hall–Kier alpha value is -1.79. The minimum absolute atomic E-state index is 1.10. The molecule has 0 saturated carbocycles. The molecule has 0 bridgehead atoms. The summed E-state index contributed by atoms with van der Waals surface area (Å²) in [6.07, 6.45) is 1.10. The maximum Gasteiger partial charge on any atom is 0.361 e. The van der Waals surface area contributed by atoms with Gasteiger partial charge in [-0.1, -0.05) is 48.5 Å². The Morgan fingerprint density at radius 1 is 0.900 bits per heavy atom. The molecule has 2 aromatic rings. The zero-order valence-electron chi connectivity index (χ0n) is 10.3. The van der Waals surface area contributed by atoms with E-state index in [1.54, 1.807) is 0 Å². The van der Waals surface area contributed by atoms with Gasteiger partial charge in [0.25, 0.3) is 0 Å². The number of hydrogen-bond acceptors (Lipinski definition) is 2. The van der Waals surface area contributed by atoms with Gasteiger partial charge >= 0.3 is 15.9 Å². The van der Waals surface area contributed by atoms with E-state index in [4.69, 9.17) is 13.0 Å². The largest absolute Gasteiger partial charge is 0.361 e. The quantitative estimate of drug-likeness (QED) is 0.701. The Labute approximate surface area is 115 Å². The summed E-state index contributed by atoms with van der Waals surface area (Å²) in [6.45, 7) is 0. The van der Waals surface area contributed by atoms with Crippen LogP contribution in [0.25, 0.3) is 11.1 Å². The maximum absolute atomic E-state index is 10.7. The summed E-state index contributed by atoms with van der Waals surface area (Å²) in [4.78, 5) is 0. The van der Waals surface area contributed by atoms with Crippen molar-refractivity contribution in [3.63, 3.8) is 0 Å². The SMILES string of the molecule is O=S(=O)(O)C(F)F.c1ccc2c(c1)Cc1ccccc1-2. The number of alkyl halides is 2. The fourth-order valence-corrected chi connectivity index (χ4v) is 2.08. The van der Waals surface area contributed by atoms with Crippen LogP contribution < -0.4 is 0 Å². The molecular weight excluding hydrogens is 286 g/mol. The molecule has 0 amide bonds. The van der Waals surface area contributed by atoms with Gasteiger partial charge in [-0.3, -0.25) is 4.55 Å². The molecule has 106 valence electrons. The molecule has 3 nitrogen and oxygen atoms in total. The number of fused-ring (bicyclic) bond motifs is 3. The molecule has 1 aliphatic carbocycles. The fourth-order valence-electron chi connectivity index (χ4n) is 2.08. The van der Waals surface area contributed by atoms with Gasteiger partial charge in [-0.15, -0.1) is 0 Å². The smallest absolute Gasteiger partial charge is 0.281 e. The first-order chi connectivity index (χ1) is 9.39. The van der Waals surface area contributed by atoms with Gasteiger partial charge < -0.3 is 0 Å². The summed E-state index contributed by atoms with van der Waals surface area (Å²) in [5.74, 6) is -3.67. The lowest BCUT2D eigenvalue weighted by atomic mass is 10.1. The van der Waals surface area contributed by atoms with Crippen LogP contribution in [0.1, 0.15) is 11.1 Å². The Kier molecular flexibility index (Phi) is 4.15. The molecule has 0 unspecified atom stereocenters. The van der Waals surface area contributed by atoms with E-state index in [1.165, 1.54) is 22.3 Å². The van der Waals surface area contributed by atoms with Crippen molar-refractivity contribution in [1.29, 1.82) is 0 Å². The van der Waals surface area contributed by atoms with Crippen molar-refractivity contribution in [1.82, 2.24) is 0 Å². The van der Waals surface area contributed by atoms with Crippen molar-refractivity contribution >= 4 is 10.1 Å². The molecule has 0 atom stereocenters. The lowest BCUT2D eigenvalue weighted by Gasteiger charge is -1.98. The lowest BCUT2D eigenvalue weighted by molar-refractivity contribution is 0.217. The molecule has 1 N–H and O–H groups in total. The summed E-state index contributed by atoms with van der Waals surface area (Å²) >= 11 is 0.